The Morgan fingerprint density at radius 3 is 2.45 bits per heavy atom. The number of nitrogens with one attached hydrogen (secondary N) is 1. The van der Waals surface area contributed by atoms with Gasteiger partial charge >= 0.3 is 0 Å². The molecular formula is C31H27IN2O3S. The summed E-state index contributed by atoms with van der Waals surface area (Å²) in [5.74, 6) is 1.19. The van der Waals surface area contributed by atoms with Crippen LogP contribution in [0.25, 0.3) is 16.8 Å². The molecule has 1 aliphatic heterocycles. The first-order valence-electron chi connectivity index (χ1n) is 12.5. The van der Waals surface area contributed by atoms with Crippen LogP contribution in [0.15, 0.2) is 88.8 Å². The molecule has 4 aromatic rings. The van der Waals surface area contributed by atoms with Gasteiger partial charge in [0.25, 0.3) is 5.91 Å². The zero-order valence-electron chi connectivity index (χ0n) is 21.2. The second-order valence-electron chi connectivity index (χ2n) is 8.73. The van der Waals surface area contributed by atoms with Crippen molar-refractivity contribution in [3.8, 4) is 11.5 Å². The summed E-state index contributed by atoms with van der Waals surface area (Å²) < 4.78 is 13.1. The fourth-order valence-electron chi connectivity index (χ4n) is 4.11. The van der Waals surface area contributed by atoms with E-state index in [1.807, 2.05) is 49.4 Å². The lowest BCUT2D eigenvalue weighted by molar-refractivity contribution is -0.115. The maximum Gasteiger partial charge on any atom is 0.264 e. The van der Waals surface area contributed by atoms with Crippen molar-refractivity contribution in [3.63, 3.8) is 0 Å². The number of carbonyl (C=O) groups excluding carboxylic acids is 1. The summed E-state index contributed by atoms with van der Waals surface area (Å²) in [6.45, 7) is 5.00. The van der Waals surface area contributed by atoms with Crippen LogP contribution in [0.1, 0.15) is 30.5 Å². The fraction of sp³-hybridized carbons (Fsp3) is 0.161. The van der Waals surface area contributed by atoms with E-state index in [1.54, 1.807) is 0 Å². The van der Waals surface area contributed by atoms with Gasteiger partial charge in [-0.2, -0.15) is 0 Å². The van der Waals surface area contributed by atoms with E-state index < -0.39 is 0 Å². The zero-order chi connectivity index (χ0) is 26.5. The van der Waals surface area contributed by atoms with Crippen molar-refractivity contribution < 1.29 is 14.3 Å². The van der Waals surface area contributed by atoms with Gasteiger partial charge in [-0.3, -0.25) is 4.79 Å². The van der Waals surface area contributed by atoms with Crippen LogP contribution < -0.4 is 14.8 Å². The number of hydrogen-bond acceptors (Lipinski definition) is 5. The van der Waals surface area contributed by atoms with Crippen molar-refractivity contribution in [3.05, 3.63) is 104 Å². The van der Waals surface area contributed by atoms with Crippen molar-refractivity contribution >= 4 is 68.0 Å². The molecule has 0 saturated carbocycles. The van der Waals surface area contributed by atoms with Gasteiger partial charge in [-0.05, 0) is 112 Å². The van der Waals surface area contributed by atoms with Crippen molar-refractivity contribution in [2.45, 2.75) is 26.9 Å². The minimum Gasteiger partial charge on any atom is -0.490 e. The van der Waals surface area contributed by atoms with Crippen molar-refractivity contribution in [2.75, 3.05) is 6.61 Å². The first kappa shape index (κ1) is 26.3. The number of carbonyl (C=O) groups is 1. The maximum absolute atomic E-state index is 12.7. The summed E-state index contributed by atoms with van der Waals surface area (Å²) in [6.07, 6.45) is 2.84. The summed E-state index contributed by atoms with van der Waals surface area (Å²) in [5, 5.41) is 5.82. The third kappa shape index (κ3) is 6.22. The van der Waals surface area contributed by atoms with Gasteiger partial charge < -0.3 is 14.8 Å². The van der Waals surface area contributed by atoms with Crippen LogP contribution in [0.3, 0.4) is 0 Å². The number of aryl methyl sites for hydroxylation is 1. The van der Waals surface area contributed by atoms with E-state index in [0.717, 1.165) is 26.8 Å². The Balaban J connectivity index is 1.35. The van der Waals surface area contributed by atoms with Gasteiger partial charge in [-0.15, -0.1) is 0 Å². The van der Waals surface area contributed by atoms with Gasteiger partial charge in [0.15, 0.2) is 16.7 Å². The Labute approximate surface area is 240 Å². The summed E-state index contributed by atoms with van der Waals surface area (Å²) in [4.78, 5) is 17.8. The summed E-state index contributed by atoms with van der Waals surface area (Å²) in [6, 6.07) is 26.6. The van der Waals surface area contributed by atoms with Gasteiger partial charge in [0, 0.05) is 0 Å². The Morgan fingerprint density at radius 2 is 1.68 bits per heavy atom. The van der Waals surface area contributed by atoms with Crippen LogP contribution >= 0.6 is 34.4 Å². The van der Waals surface area contributed by atoms with E-state index in [1.165, 1.54) is 28.1 Å². The zero-order valence-corrected chi connectivity index (χ0v) is 24.1. The number of aliphatic imine (C=N–C) groups is 1. The van der Waals surface area contributed by atoms with Crippen LogP contribution in [0, 0.1) is 3.57 Å². The topological polar surface area (TPSA) is 59.9 Å². The van der Waals surface area contributed by atoms with Crippen molar-refractivity contribution in [1.82, 2.24) is 5.32 Å². The molecule has 0 spiro atoms. The lowest BCUT2D eigenvalue weighted by atomic mass is 10.1. The minimum absolute atomic E-state index is 0.163. The minimum atomic E-state index is -0.163. The molecule has 1 aliphatic rings. The second-order valence-corrected chi connectivity index (χ2v) is 10.9. The van der Waals surface area contributed by atoms with E-state index in [0.29, 0.717) is 34.8 Å². The molecule has 0 aromatic heterocycles. The summed E-state index contributed by atoms with van der Waals surface area (Å²) in [7, 11) is 0. The normalized spacial score (nSPS) is 15.3. The molecule has 0 aliphatic carbocycles. The predicted molar refractivity (Wildman–Crippen MR) is 165 cm³/mol. The van der Waals surface area contributed by atoms with Crippen molar-refractivity contribution in [1.29, 1.82) is 0 Å². The second kappa shape index (κ2) is 12.0. The third-order valence-corrected chi connectivity index (χ3v) is 7.76. The first-order chi connectivity index (χ1) is 18.5. The predicted octanol–water partition coefficient (Wildman–Crippen LogP) is 7.88. The molecule has 0 bridgehead atoms. The first-order valence-corrected chi connectivity index (χ1v) is 14.4. The Kier molecular flexibility index (Phi) is 8.34. The molecule has 5 nitrogen and oxygen atoms in total. The Hall–Kier alpha value is -3.30. The molecule has 1 amide bonds. The number of rotatable bonds is 8. The monoisotopic (exact) mass is 634 g/mol. The third-order valence-electron chi connectivity index (χ3n) is 6.05. The van der Waals surface area contributed by atoms with E-state index >= 15 is 0 Å². The molecule has 1 fully saturated rings. The summed E-state index contributed by atoms with van der Waals surface area (Å²) in [5.41, 5.74) is 4.01. The van der Waals surface area contributed by atoms with E-state index in [2.05, 4.69) is 82.3 Å². The number of amides is 1. The van der Waals surface area contributed by atoms with E-state index in [-0.39, 0.29) is 5.91 Å². The number of halogens is 1. The lowest BCUT2D eigenvalue weighted by Gasteiger charge is -2.15. The highest BCUT2D eigenvalue weighted by molar-refractivity contribution is 14.1. The SMILES string of the molecule is CCOc1cc(/C=C2\SC(=Nc3ccc(CC)cc3)NC2=O)cc(I)c1OCc1ccc2ccccc2c1. The number of fused-ring (bicyclic) bond motifs is 1. The van der Waals surface area contributed by atoms with Gasteiger partial charge in [0.1, 0.15) is 6.61 Å². The fourth-order valence-corrected chi connectivity index (χ4v) is 5.74. The molecular weight excluding hydrogens is 607 g/mol. The molecule has 192 valence electrons. The molecule has 0 unspecified atom stereocenters. The smallest absolute Gasteiger partial charge is 0.264 e. The highest BCUT2D eigenvalue weighted by Gasteiger charge is 2.24. The lowest BCUT2D eigenvalue weighted by Crippen LogP contribution is -2.19. The van der Waals surface area contributed by atoms with Crippen LogP contribution in [0.5, 0.6) is 11.5 Å². The van der Waals surface area contributed by atoms with E-state index in [4.69, 9.17) is 9.47 Å². The molecule has 7 heteroatoms. The Bertz CT molecular complexity index is 1550. The van der Waals surface area contributed by atoms with Gasteiger partial charge in [0.2, 0.25) is 0 Å². The van der Waals surface area contributed by atoms with E-state index in [9.17, 15) is 4.79 Å². The average molecular weight is 635 g/mol. The summed E-state index contributed by atoms with van der Waals surface area (Å²) >= 11 is 3.59. The van der Waals surface area contributed by atoms with Crippen LogP contribution in [0.2, 0.25) is 0 Å². The molecule has 0 atom stereocenters. The molecule has 0 radical (unpaired) electrons. The number of amidine groups is 1. The molecule has 1 heterocycles. The number of nitrogens with zero attached hydrogens (tertiary/aromatic N) is 1. The largest absolute Gasteiger partial charge is 0.490 e. The van der Waals surface area contributed by atoms with Crippen LogP contribution in [-0.2, 0) is 17.8 Å². The van der Waals surface area contributed by atoms with Gasteiger partial charge in [-0.25, -0.2) is 4.99 Å². The maximum atomic E-state index is 12.7. The van der Waals surface area contributed by atoms with Crippen molar-refractivity contribution in [2.24, 2.45) is 4.99 Å². The Morgan fingerprint density at radius 1 is 0.921 bits per heavy atom. The quantitative estimate of drug-likeness (QED) is 0.158. The molecule has 1 saturated heterocycles. The number of thioether (sulfide) groups is 1. The average Bonchev–Trinajstić information content (AvgIpc) is 3.26. The molecule has 38 heavy (non-hydrogen) atoms. The molecule has 4 aromatic carbocycles. The standard InChI is InChI=1S/C31H27IN2O3S/c1-3-20-10-13-25(14-11-20)33-31-34-30(35)28(38-31)18-22-16-26(32)29(27(17-22)36-4-2)37-19-21-9-12-23-7-5-6-8-24(23)15-21/h5-18H,3-4,19H2,1-2H3,(H,33,34,35)/b28-18-. The highest BCUT2D eigenvalue weighted by Crippen LogP contribution is 2.37. The molecule has 1 N–H and O–H groups in total. The van der Waals surface area contributed by atoms with Crippen LogP contribution in [0.4, 0.5) is 5.69 Å². The highest BCUT2D eigenvalue weighted by atomic mass is 127. The molecule has 5 rings (SSSR count). The van der Waals surface area contributed by atoms with Gasteiger partial charge in [-0.1, -0.05) is 55.5 Å². The number of ether oxygens (including phenoxy) is 2. The number of hydrogen-bond donors (Lipinski definition) is 1. The van der Waals surface area contributed by atoms with Crippen LogP contribution in [-0.4, -0.2) is 17.7 Å². The van der Waals surface area contributed by atoms with Gasteiger partial charge in [0.05, 0.1) is 20.8 Å². The number of benzene rings is 4.